The standard InChI is InChI=1S/C13H25NO/c14-13(11-8-9-11)7-3-1-2-5-12-6-4-10-15-12/h11-13H,1-10,14H2. The van der Waals surface area contributed by atoms with Crippen molar-refractivity contribution in [3.8, 4) is 0 Å². The van der Waals surface area contributed by atoms with Crippen molar-refractivity contribution >= 4 is 0 Å². The van der Waals surface area contributed by atoms with Gasteiger partial charge >= 0.3 is 0 Å². The van der Waals surface area contributed by atoms with E-state index in [0.717, 1.165) is 12.5 Å². The third-order valence-electron chi connectivity index (χ3n) is 3.82. The Morgan fingerprint density at radius 1 is 1.13 bits per heavy atom. The first kappa shape index (κ1) is 11.4. The summed E-state index contributed by atoms with van der Waals surface area (Å²) in [7, 11) is 0. The summed E-state index contributed by atoms with van der Waals surface area (Å²) in [6.07, 6.45) is 12.5. The quantitative estimate of drug-likeness (QED) is 0.657. The van der Waals surface area contributed by atoms with Crippen LogP contribution >= 0.6 is 0 Å². The molecule has 1 saturated carbocycles. The van der Waals surface area contributed by atoms with Gasteiger partial charge in [0.25, 0.3) is 0 Å². The molecule has 0 aromatic carbocycles. The number of nitrogens with two attached hydrogens (primary N) is 1. The maximum absolute atomic E-state index is 6.06. The summed E-state index contributed by atoms with van der Waals surface area (Å²) in [5, 5.41) is 0. The summed E-state index contributed by atoms with van der Waals surface area (Å²) in [5.41, 5.74) is 6.06. The van der Waals surface area contributed by atoms with Crippen LogP contribution in [0.5, 0.6) is 0 Å². The summed E-state index contributed by atoms with van der Waals surface area (Å²) in [4.78, 5) is 0. The predicted molar refractivity (Wildman–Crippen MR) is 62.8 cm³/mol. The van der Waals surface area contributed by atoms with Crippen LogP contribution in [0.25, 0.3) is 0 Å². The first-order chi connectivity index (χ1) is 7.36. The summed E-state index contributed by atoms with van der Waals surface area (Å²) in [6, 6.07) is 0.507. The van der Waals surface area contributed by atoms with Crippen LogP contribution in [0.15, 0.2) is 0 Å². The molecule has 2 rings (SSSR count). The fourth-order valence-corrected chi connectivity index (χ4v) is 2.56. The van der Waals surface area contributed by atoms with Crippen molar-refractivity contribution in [3.63, 3.8) is 0 Å². The Balaban J connectivity index is 1.41. The van der Waals surface area contributed by atoms with E-state index in [2.05, 4.69) is 0 Å². The fraction of sp³-hybridized carbons (Fsp3) is 1.00. The number of unbranched alkanes of at least 4 members (excludes halogenated alkanes) is 2. The van der Waals surface area contributed by atoms with E-state index in [-0.39, 0.29) is 0 Å². The van der Waals surface area contributed by atoms with Gasteiger partial charge in [0, 0.05) is 12.6 Å². The molecule has 2 N–H and O–H groups in total. The Morgan fingerprint density at radius 3 is 2.67 bits per heavy atom. The van der Waals surface area contributed by atoms with Gasteiger partial charge in [0.15, 0.2) is 0 Å². The Hall–Kier alpha value is -0.0800. The first-order valence-corrected chi connectivity index (χ1v) is 6.73. The van der Waals surface area contributed by atoms with Crippen LogP contribution in [0.2, 0.25) is 0 Å². The molecule has 0 aromatic rings. The largest absolute Gasteiger partial charge is 0.378 e. The topological polar surface area (TPSA) is 35.2 Å². The van der Waals surface area contributed by atoms with Crippen LogP contribution < -0.4 is 5.73 Å². The highest BCUT2D eigenvalue weighted by Gasteiger charge is 2.27. The highest BCUT2D eigenvalue weighted by molar-refractivity contribution is 4.83. The highest BCUT2D eigenvalue weighted by atomic mass is 16.5. The SMILES string of the molecule is NC(CCCCCC1CCCO1)C1CC1. The molecule has 2 fully saturated rings. The van der Waals surface area contributed by atoms with Crippen LogP contribution in [-0.2, 0) is 4.74 Å². The van der Waals surface area contributed by atoms with Crippen LogP contribution in [0.3, 0.4) is 0 Å². The minimum atomic E-state index is 0.507. The van der Waals surface area contributed by atoms with Gasteiger partial charge in [-0.1, -0.05) is 19.3 Å². The number of hydrogen-bond acceptors (Lipinski definition) is 2. The van der Waals surface area contributed by atoms with Crippen LogP contribution in [0.4, 0.5) is 0 Å². The second kappa shape index (κ2) is 5.86. The van der Waals surface area contributed by atoms with Crippen LogP contribution in [-0.4, -0.2) is 18.8 Å². The van der Waals surface area contributed by atoms with Crippen molar-refractivity contribution in [1.82, 2.24) is 0 Å². The zero-order valence-corrected chi connectivity index (χ0v) is 9.79. The van der Waals surface area contributed by atoms with Crippen LogP contribution in [0.1, 0.15) is 57.8 Å². The second-order valence-corrected chi connectivity index (χ2v) is 5.27. The van der Waals surface area contributed by atoms with Crippen molar-refractivity contribution in [1.29, 1.82) is 0 Å². The first-order valence-electron chi connectivity index (χ1n) is 6.73. The molecule has 88 valence electrons. The maximum Gasteiger partial charge on any atom is 0.0576 e. The van der Waals surface area contributed by atoms with Crippen molar-refractivity contribution in [3.05, 3.63) is 0 Å². The molecule has 2 heteroatoms. The van der Waals surface area contributed by atoms with E-state index in [1.165, 1.54) is 57.8 Å². The Kier molecular flexibility index (Phi) is 4.45. The molecule has 1 aliphatic carbocycles. The molecule has 1 saturated heterocycles. The van der Waals surface area contributed by atoms with Crippen molar-refractivity contribution in [2.45, 2.75) is 69.9 Å². The Labute approximate surface area is 93.6 Å². The van der Waals surface area contributed by atoms with Crippen molar-refractivity contribution in [2.75, 3.05) is 6.61 Å². The van der Waals surface area contributed by atoms with E-state index < -0.39 is 0 Å². The van der Waals surface area contributed by atoms with E-state index in [1.807, 2.05) is 0 Å². The van der Waals surface area contributed by atoms with Gasteiger partial charge in [-0.2, -0.15) is 0 Å². The molecular weight excluding hydrogens is 186 g/mol. The second-order valence-electron chi connectivity index (χ2n) is 5.27. The smallest absolute Gasteiger partial charge is 0.0576 e. The highest BCUT2D eigenvalue weighted by Crippen LogP contribution is 2.33. The zero-order chi connectivity index (χ0) is 10.5. The van der Waals surface area contributed by atoms with E-state index in [4.69, 9.17) is 10.5 Å². The lowest BCUT2D eigenvalue weighted by molar-refractivity contribution is 0.102. The zero-order valence-electron chi connectivity index (χ0n) is 9.79. The molecule has 0 spiro atoms. The molecular formula is C13H25NO. The van der Waals surface area contributed by atoms with Gasteiger partial charge in [0.05, 0.1) is 6.10 Å². The average molecular weight is 211 g/mol. The lowest BCUT2D eigenvalue weighted by Gasteiger charge is -2.11. The summed E-state index contributed by atoms with van der Waals surface area (Å²) < 4.78 is 5.60. The number of rotatable bonds is 7. The number of ether oxygens (including phenoxy) is 1. The Bertz CT molecular complexity index is 169. The molecule has 2 atom stereocenters. The molecule has 0 bridgehead atoms. The third kappa shape index (κ3) is 4.12. The predicted octanol–water partition coefficient (Wildman–Crippen LogP) is 2.85. The minimum absolute atomic E-state index is 0.507. The van der Waals surface area contributed by atoms with Crippen molar-refractivity contribution in [2.24, 2.45) is 11.7 Å². The average Bonchev–Trinajstić information content (AvgIpc) is 2.97. The summed E-state index contributed by atoms with van der Waals surface area (Å²) in [5.74, 6) is 0.878. The van der Waals surface area contributed by atoms with Gasteiger partial charge in [0.1, 0.15) is 0 Å². The normalized spacial score (nSPS) is 28.2. The van der Waals surface area contributed by atoms with E-state index in [1.54, 1.807) is 0 Å². The van der Waals surface area contributed by atoms with Gasteiger partial charge in [-0.15, -0.1) is 0 Å². The van der Waals surface area contributed by atoms with E-state index in [0.29, 0.717) is 12.1 Å². The lowest BCUT2D eigenvalue weighted by atomic mass is 10.0. The summed E-state index contributed by atoms with van der Waals surface area (Å²) >= 11 is 0. The molecule has 2 unspecified atom stereocenters. The molecule has 0 amide bonds. The number of hydrogen-bond donors (Lipinski definition) is 1. The van der Waals surface area contributed by atoms with Gasteiger partial charge in [-0.05, 0) is 44.4 Å². The molecule has 2 aliphatic rings. The monoisotopic (exact) mass is 211 g/mol. The maximum atomic E-state index is 6.06. The molecule has 2 nitrogen and oxygen atoms in total. The van der Waals surface area contributed by atoms with Gasteiger partial charge in [-0.3, -0.25) is 0 Å². The van der Waals surface area contributed by atoms with E-state index >= 15 is 0 Å². The van der Waals surface area contributed by atoms with Crippen molar-refractivity contribution < 1.29 is 4.74 Å². The third-order valence-corrected chi connectivity index (χ3v) is 3.82. The summed E-state index contributed by atoms with van der Waals surface area (Å²) in [6.45, 7) is 0.997. The molecule has 1 heterocycles. The molecule has 15 heavy (non-hydrogen) atoms. The minimum Gasteiger partial charge on any atom is -0.378 e. The van der Waals surface area contributed by atoms with Gasteiger partial charge in [-0.25, -0.2) is 0 Å². The van der Waals surface area contributed by atoms with Gasteiger partial charge in [0.2, 0.25) is 0 Å². The Morgan fingerprint density at radius 2 is 2.00 bits per heavy atom. The molecule has 0 radical (unpaired) electrons. The lowest BCUT2D eigenvalue weighted by Crippen LogP contribution is -2.21. The van der Waals surface area contributed by atoms with Crippen LogP contribution in [0, 0.1) is 5.92 Å². The molecule has 0 aromatic heterocycles. The molecule has 1 aliphatic heterocycles. The fourth-order valence-electron chi connectivity index (χ4n) is 2.56. The van der Waals surface area contributed by atoms with E-state index in [9.17, 15) is 0 Å². The van der Waals surface area contributed by atoms with Gasteiger partial charge < -0.3 is 10.5 Å².